The van der Waals surface area contributed by atoms with Crippen LogP contribution in [0.1, 0.15) is 33.5 Å². The molecule has 1 amide bonds. The number of nitrogens with zero attached hydrogens (tertiary/aromatic N) is 2. The number of ether oxygens (including phenoxy) is 1. The third-order valence-corrected chi connectivity index (χ3v) is 7.83. The van der Waals surface area contributed by atoms with E-state index >= 15 is 0 Å². The van der Waals surface area contributed by atoms with Crippen LogP contribution in [0.2, 0.25) is 0 Å². The van der Waals surface area contributed by atoms with Gasteiger partial charge in [-0.05, 0) is 61.2 Å². The molecule has 0 radical (unpaired) electrons. The van der Waals surface area contributed by atoms with Crippen LogP contribution < -0.4 is 4.90 Å². The van der Waals surface area contributed by atoms with Crippen molar-refractivity contribution in [3.63, 3.8) is 0 Å². The number of rotatable bonds is 3. The summed E-state index contributed by atoms with van der Waals surface area (Å²) in [5.41, 5.74) is 0.817. The number of aryl methyl sites for hydroxylation is 2. The van der Waals surface area contributed by atoms with Gasteiger partial charge in [0, 0.05) is 30.9 Å². The molecule has 0 aliphatic carbocycles. The normalized spacial score (nSPS) is 17.8. The minimum absolute atomic E-state index is 0.0508. The van der Waals surface area contributed by atoms with E-state index < -0.39 is 27.7 Å². The Balaban J connectivity index is 1.67. The lowest BCUT2D eigenvalue weighted by molar-refractivity contribution is -0.137. The minimum atomic E-state index is -4.46. The first kappa shape index (κ1) is 22.8. The van der Waals surface area contributed by atoms with E-state index in [9.17, 15) is 26.4 Å². The van der Waals surface area contributed by atoms with Crippen molar-refractivity contribution in [2.75, 3.05) is 37.7 Å². The molecular formula is C22H23F3N2O4S. The molecule has 1 saturated heterocycles. The highest BCUT2D eigenvalue weighted by Crippen LogP contribution is 2.36. The lowest BCUT2D eigenvalue weighted by Gasteiger charge is -2.30. The Morgan fingerprint density at radius 3 is 2.44 bits per heavy atom. The molecule has 0 bridgehead atoms. The summed E-state index contributed by atoms with van der Waals surface area (Å²) < 4.78 is 72.0. The highest BCUT2D eigenvalue weighted by atomic mass is 32.2. The van der Waals surface area contributed by atoms with Crippen molar-refractivity contribution in [3.05, 3.63) is 58.7 Å². The summed E-state index contributed by atoms with van der Waals surface area (Å²) in [7, 11) is -3.80. The van der Waals surface area contributed by atoms with Gasteiger partial charge in [0.15, 0.2) is 0 Å². The molecule has 0 saturated carbocycles. The van der Waals surface area contributed by atoms with Crippen molar-refractivity contribution in [2.24, 2.45) is 0 Å². The Kier molecular flexibility index (Phi) is 6.04. The van der Waals surface area contributed by atoms with Crippen molar-refractivity contribution in [3.8, 4) is 0 Å². The van der Waals surface area contributed by atoms with Gasteiger partial charge in [-0.15, -0.1) is 0 Å². The van der Waals surface area contributed by atoms with E-state index in [1.54, 1.807) is 19.1 Å². The van der Waals surface area contributed by atoms with Crippen LogP contribution >= 0.6 is 0 Å². The van der Waals surface area contributed by atoms with Crippen LogP contribution in [0, 0.1) is 6.92 Å². The van der Waals surface area contributed by atoms with Gasteiger partial charge in [-0.2, -0.15) is 17.5 Å². The fourth-order valence-electron chi connectivity index (χ4n) is 4.08. The maximum absolute atomic E-state index is 13.3. The third-order valence-electron chi connectivity index (χ3n) is 5.79. The zero-order chi connectivity index (χ0) is 23.1. The first-order valence-electron chi connectivity index (χ1n) is 10.3. The van der Waals surface area contributed by atoms with Gasteiger partial charge in [0.05, 0.1) is 23.7 Å². The lowest BCUT2D eigenvalue weighted by Crippen LogP contribution is -2.41. The Morgan fingerprint density at radius 1 is 1.03 bits per heavy atom. The van der Waals surface area contributed by atoms with Gasteiger partial charge in [0.1, 0.15) is 0 Å². The molecule has 10 heteroatoms. The largest absolute Gasteiger partial charge is 0.416 e. The molecular weight excluding hydrogens is 445 g/mol. The molecule has 1 fully saturated rings. The van der Waals surface area contributed by atoms with Crippen LogP contribution in [-0.4, -0.2) is 51.5 Å². The van der Waals surface area contributed by atoms with Crippen LogP contribution in [0.5, 0.6) is 0 Å². The number of carbonyl (C=O) groups excluding carboxylic acids is 1. The number of hydrogen-bond donors (Lipinski definition) is 0. The average molecular weight is 468 g/mol. The Morgan fingerprint density at radius 2 is 1.75 bits per heavy atom. The summed E-state index contributed by atoms with van der Waals surface area (Å²) in [6.07, 6.45) is -3.50. The molecule has 172 valence electrons. The van der Waals surface area contributed by atoms with Crippen molar-refractivity contribution < 1.29 is 31.1 Å². The molecule has 0 atom stereocenters. The second-order valence-corrected chi connectivity index (χ2v) is 9.80. The van der Waals surface area contributed by atoms with Gasteiger partial charge in [-0.25, -0.2) is 8.42 Å². The standard InChI is InChI=1S/C22H23F3N2O4S/c1-15-4-5-17(14-20(15)32(29,30)26-9-11-31-12-10-26)21(28)27-8-2-3-16-13-18(22(23,24)25)6-7-19(16)27/h4-7,13-14H,2-3,8-12H2,1H3. The van der Waals surface area contributed by atoms with E-state index in [2.05, 4.69) is 0 Å². The Hall–Kier alpha value is -2.43. The van der Waals surface area contributed by atoms with Crippen molar-refractivity contribution >= 4 is 21.6 Å². The first-order valence-corrected chi connectivity index (χ1v) is 11.7. The monoisotopic (exact) mass is 468 g/mol. The number of fused-ring (bicyclic) bond motifs is 1. The van der Waals surface area contributed by atoms with Gasteiger partial charge < -0.3 is 9.64 Å². The van der Waals surface area contributed by atoms with E-state index in [1.165, 1.54) is 21.3 Å². The summed E-state index contributed by atoms with van der Waals surface area (Å²) in [5.74, 6) is -0.441. The zero-order valence-corrected chi connectivity index (χ0v) is 18.3. The molecule has 6 nitrogen and oxygen atoms in total. The number of alkyl halides is 3. The summed E-state index contributed by atoms with van der Waals surface area (Å²) in [4.78, 5) is 14.8. The number of amides is 1. The molecule has 2 aromatic carbocycles. The molecule has 0 spiro atoms. The number of halogens is 3. The van der Waals surface area contributed by atoms with E-state index in [0.29, 0.717) is 49.4 Å². The summed E-state index contributed by atoms with van der Waals surface area (Å²) >= 11 is 0. The number of carbonyl (C=O) groups is 1. The van der Waals surface area contributed by atoms with Crippen LogP contribution in [0.15, 0.2) is 41.3 Å². The molecule has 4 rings (SSSR count). The minimum Gasteiger partial charge on any atom is -0.379 e. The van der Waals surface area contributed by atoms with Crippen molar-refractivity contribution in [1.29, 1.82) is 0 Å². The molecule has 0 aromatic heterocycles. The lowest BCUT2D eigenvalue weighted by atomic mass is 9.98. The van der Waals surface area contributed by atoms with Crippen molar-refractivity contribution in [1.82, 2.24) is 4.31 Å². The topological polar surface area (TPSA) is 66.9 Å². The van der Waals surface area contributed by atoms with E-state index in [0.717, 1.165) is 12.1 Å². The van der Waals surface area contributed by atoms with E-state index in [1.807, 2.05) is 0 Å². The molecule has 2 heterocycles. The zero-order valence-electron chi connectivity index (χ0n) is 17.5. The molecule has 32 heavy (non-hydrogen) atoms. The quantitative estimate of drug-likeness (QED) is 0.690. The fourth-order valence-corrected chi connectivity index (χ4v) is 5.74. The van der Waals surface area contributed by atoms with E-state index in [4.69, 9.17) is 4.74 Å². The Bertz CT molecular complexity index is 1140. The number of anilines is 1. The number of morpholine rings is 1. The molecule has 2 aliphatic rings. The van der Waals surface area contributed by atoms with E-state index in [-0.39, 0.29) is 23.5 Å². The predicted molar refractivity (Wildman–Crippen MR) is 112 cm³/mol. The third kappa shape index (κ3) is 4.26. The second kappa shape index (κ2) is 8.49. The second-order valence-electron chi connectivity index (χ2n) is 7.90. The highest BCUT2D eigenvalue weighted by molar-refractivity contribution is 7.89. The Labute approximate surface area is 184 Å². The van der Waals surface area contributed by atoms with Crippen LogP contribution in [-0.2, 0) is 27.4 Å². The summed E-state index contributed by atoms with van der Waals surface area (Å²) in [5, 5.41) is 0. The van der Waals surface area contributed by atoms with Crippen molar-refractivity contribution in [2.45, 2.75) is 30.8 Å². The SMILES string of the molecule is Cc1ccc(C(=O)N2CCCc3cc(C(F)(F)F)ccc32)cc1S(=O)(=O)N1CCOCC1. The van der Waals surface area contributed by atoms with Crippen LogP contribution in [0.3, 0.4) is 0 Å². The molecule has 0 unspecified atom stereocenters. The first-order chi connectivity index (χ1) is 15.1. The maximum Gasteiger partial charge on any atom is 0.416 e. The smallest absolute Gasteiger partial charge is 0.379 e. The van der Waals surface area contributed by atoms with Gasteiger partial charge in [-0.3, -0.25) is 4.79 Å². The number of sulfonamides is 1. The summed E-state index contributed by atoms with van der Waals surface area (Å²) in [6, 6.07) is 7.86. The van der Waals surface area contributed by atoms with Gasteiger partial charge >= 0.3 is 6.18 Å². The molecule has 2 aromatic rings. The summed E-state index contributed by atoms with van der Waals surface area (Å²) in [6.45, 7) is 3.10. The van der Waals surface area contributed by atoms with Gasteiger partial charge in [0.25, 0.3) is 5.91 Å². The molecule has 2 aliphatic heterocycles. The van der Waals surface area contributed by atoms with Crippen LogP contribution in [0.25, 0.3) is 0 Å². The molecule has 0 N–H and O–H groups in total. The van der Waals surface area contributed by atoms with Gasteiger partial charge in [0.2, 0.25) is 10.0 Å². The maximum atomic E-state index is 13.3. The average Bonchev–Trinajstić information content (AvgIpc) is 2.78. The predicted octanol–water partition coefficient (Wildman–Crippen LogP) is 3.63. The highest BCUT2D eigenvalue weighted by Gasteiger charge is 2.33. The number of hydrogen-bond acceptors (Lipinski definition) is 4. The van der Waals surface area contributed by atoms with Gasteiger partial charge in [-0.1, -0.05) is 6.07 Å². The fraction of sp³-hybridized carbons (Fsp3) is 0.409. The van der Waals surface area contributed by atoms with Crippen LogP contribution in [0.4, 0.5) is 18.9 Å². The number of benzene rings is 2.